The van der Waals surface area contributed by atoms with Crippen molar-refractivity contribution in [3.63, 3.8) is 0 Å². The van der Waals surface area contributed by atoms with Gasteiger partial charge in [-0.05, 0) is 31.5 Å². The molecule has 26 heavy (non-hydrogen) atoms. The van der Waals surface area contributed by atoms with Gasteiger partial charge in [-0.2, -0.15) is 0 Å². The summed E-state index contributed by atoms with van der Waals surface area (Å²) in [7, 11) is 1.29. The van der Waals surface area contributed by atoms with Crippen LogP contribution in [0.4, 0.5) is 5.69 Å². The number of methoxy groups -OCH3 is 1. The smallest absolute Gasteiger partial charge is 0.348 e. The Bertz CT molecular complexity index is 1040. The molecule has 1 aromatic carbocycles. The van der Waals surface area contributed by atoms with Gasteiger partial charge in [-0.1, -0.05) is 18.2 Å². The van der Waals surface area contributed by atoms with E-state index in [0.717, 1.165) is 11.3 Å². The van der Waals surface area contributed by atoms with Crippen LogP contribution in [0.2, 0.25) is 0 Å². The average Bonchev–Trinajstić information content (AvgIpc) is 2.99. The van der Waals surface area contributed by atoms with Crippen LogP contribution in [0.5, 0.6) is 0 Å². The first-order valence-electron chi connectivity index (χ1n) is 7.88. The lowest BCUT2D eigenvalue weighted by molar-refractivity contribution is -0.118. The summed E-state index contributed by atoms with van der Waals surface area (Å²) < 4.78 is 6.00. The maximum atomic E-state index is 12.9. The van der Waals surface area contributed by atoms with Crippen LogP contribution < -0.4 is 10.9 Å². The largest absolute Gasteiger partial charge is 0.465 e. The van der Waals surface area contributed by atoms with Crippen molar-refractivity contribution >= 4 is 39.1 Å². The monoisotopic (exact) mass is 371 g/mol. The molecule has 0 spiro atoms. The molecule has 0 radical (unpaired) electrons. The van der Waals surface area contributed by atoms with Gasteiger partial charge in [-0.15, -0.1) is 11.3 Å². The molecule has 134 valence electrons. The molecule has 0 unspecified atom stereocenters. The first-order chi connectivity index (χ1) is 12.4. The standard InChI is InChI=1S/C18H17N3O4S/c1-10-13-16(26-14(10)18(24)25-3)19-9-21(17(13)23)11(2)15(22)20-12-7-5-4-6-8-12/h4-9,11H,1-3H3,(H,20,22)/t11-/m1/s1. The molecule has 0 fully saturated rings. The summed E-state index contributed by atoms with van der Waals surface area (Å²) in [5.41, 5.74) is 0.792. The van der Waals surface area contributed by atoms with Gasteiger partial charge in [-0.25, -0.2) is 9.78 Å². The number of thiophene rings is 1. The van der Waals surface area contributed by atoms with Crippen molar-refractivity contribution in [2.75, 3.05) is 12.4 Å². The highest BCUT2D eigenvalue weighted by molar-refractivity contribution is 7.20. The van der Waals surface area contributed by atoms with Crippen LogP contribution in [-0.4, -0.2) is 28.5 Å². The van der Waals surface area contributed by atoms with Gasteiger partial charge < -0.3 is 10.1 Å². The Morgan fingerprint density at radius 3 is 2.62 bits per heavy atom. The van der Waals surface area contributed by atoms with Crippen molar-refractivity contribution in [3.8, 4) is 0 Å². The number of aryl methyl sites for hydroxylation is 1. The lowest BCUT2D eigenvalue weighted by Gasteiger charge is -2.14. The number of rotatable bonds is 4. The Morgan fingerprint density at radius 1 is 1.27 bits per heavy atom. The second kappa shape index (κ2) is 7.09. The van der Waals surface area contributed by atoms with E-state index >= 15 is 0 Å². The molecular formula is C18H17N3O4S. The van der Waals surface area contributed by atoms with E-state index in [9.17, 15) is 14.4 Å². The number of carbonyl (C=O) groups excluding carboxylic acids is 2. The molecule has 1 amide bonds. The molecular weight excluding hydrogens is 354 g/mol. The molecule has 1 atom stereocenters. The summed E-state index contributed by atoms with van der Waals surface area (Å²) in [6.07, 6.45) is 1.33. The fourth-order valence-corrected chi connectivity index (χ4v) is 3.65. The fourth-order valence-electron chi connectivity index (χ4n) is 2.59. The highest BCUT2D eigenvalue weighted by atomic mass is 32.1. The zero-order valence-electron chi connectivity index (χ0n) is 14.5. The minimum absolute atomic E-state index is 0.331. The number of ether oxygens (including phenoxy) is 1. The van der Waals surface area contributed by atoms with Gasteiger partial charge in [0.2, 0.25) is 5.91 Å². The highest BCUT2D eigenvalue weighted by Gasteiger charge is 2.23. The first-order valence-corrected chi connectivity index (χ1v) is 8.70. The van der Waals surface area contributed by atoms with E-state index in [4.69, 9.17) is 4.74 Å². The van der Waals surface area contributed by atoms with Crippen molar-refractivity contribution in [3.05, 3.63) is 57.5 Å². The van der Waals surface area contributed by atoms with Gasteiger partial charge in [0, 0.05) is 5.69 Å². The molecule has 7 nitrogen and oxygen atoms in total. The van der Waals surface area contributed by atoms with Crippen LogP contribution in [0.3, 0.4) is 0 Å². The number of nitrogens with zero attached hydrogens (tertiary/aromatic N) is 2. The predicted octanol–water partition coefficient (Wildman–Crippen LogP) is 2.75. The Labute approximate surface area is 153 Å². The van der Waals surface area contributed by atoms with E-state index < -0.39 is 12.0 Å². The Hall–Kier alpha value is -3.00. The van der Waals surface area contributed by atoms with Crippen LogP contribution in [-0.2, 0) is 9.53 Å². The van der Waals surface area contributed by atoms with E-state index in [-0.39, 0.29) is 11.5 Å². The molecule has 8 heteroatoms. The number of para-hydroxylation sites is 1. The van der Waals surface area contributed by atoms with Crippen molar-refractivity contribution in [1.82, 2.24) is 9.55 Å². The number of benzene rings is 1. The molecule has 2 aromatic heterocycles. The number of amides is 1. The second-order valence-electron chi connectivity index (χ2n) is 5.72. The number of fused-ring (bicyclic) bond motifs is 1. The SMILES string of the molecule is COC(=O)c1sc2ncn([C@H](C)C(=O)Nc3ccccc3)c(=O)c2c1C. The Morgan fingerprint density at radius 2 is 1.96 bits per heavy atom. The van der Waals surface area contributed by atoms with Crippen LogP contribution in [0.15, 0.2) is 41.5 Å². The molecule has 0 aliphatic heterocycles. The van der Waals surface area contributed by atoms with Crippen LogP contribution in [0.1, 0.15) is 28.2 Å². The third-order valence-corrected chi connectivity index (χ3v) is 5.26. The Kier molecular flexibility index (Phi) is 4.85. The number of anilines is 1. The number of aromatic nitrogens is 2. The molecule has 0 aliphatic rings. The molecule has 0 bridgehead atoms. The zero-order valence-corrected chi connectivity index (χ0v) is 15.3. The van der Waals surface area contributed by atoms with Gasteiger partial charge in [-0.3, -0.25) is 14.2 Å². The summed E-state index contributed by atoms with van der Waals surface area (Å²) in [5, 5.41) is 3.10. The Balaban J connectivity index is 1.99. The highest BCUT2D eigenvalue weighted by Crippen LogP contribution is 2.27. The molecule has 1 N–H and O–H groups in total. The molecule has 0 saturated carbocycles. The van der Waals surface area contributed by atoms with Gasteiger partial charge >= 0.3 is 5.97 Å². The maximum absolute atomic E-state index is 12.9. The first kappa shape index (κ1) is 17.8. The molecule has 0 aliphatic carbocycles. The quantitative estimate of drug-likeness (QED) is 0.712. The summed E-state index contributed by atoms with van der Waals surface area (Å²) in [5.74, 6) is -0.841. The van der Waals surface area contributed by atoms with Crippen LogP contribution in [0, 0.1) is 6.92 Å². The van der Waals surface area contributed by atoms with Crippen molar-refractivity contribution in [2.45, 2.75) is 19.9 Å². The second-order valence-corrected chi connectivity index (χ2v) is 6.72. The van der Waals surface area contributed by atoms with Crippen molar-refractivity contribution in [1.29, 1.82) is 0 Å². The minimum Gasteiger partial charge on any atom is -0.465 e. The summed E-state index contributed by atoms with van der Waals surface area (Å²) >= 11 is 1.10. The molecule has 0 saturated heterocycles. The number of nitrogens with one attached hydrogen (secondary N) is 1. The summed E-state index contributed by atoms with van der Waals surface area (Å²) in [6, 6.07) is 8.23. The molecule has 3 rings (SSSR count). The van der Waals surface area contributed by atoms with Gasteiger partial charge in [0.15, 0.2) is 0 Å². The predicted molar refractivity (Wildman–Crippen MR) is 99.7 cm³/mol. The topological polar surface area (TPSA) is 90.3 Å². The van der Waals surface area contributed by atoms with Crippen molar-refractivity contribution in [2.24, 2.45) is 0 Å². The van der Waals surface area contributed by atoms with E-state index in [1.165, 1.54) is 18.0 Å². The van der Waals surface area contributed by atoms with E-state index in [0.29, 0.717) is 26.3 Å². The maximum Gasteiger partial charge on any atom is 0.348 e. The normalized spacial score (nSPS) is 12.0. The molecule has 3 aromatic rings. The average molecular weight is 371 g/mol. The van der Waals surface area contributed by atoms with Crippen LogP contribution >= 0.6 is 11.3 Å². The van der Waals surface area contributed by atoms with Gasteiger partial charge in [0.1, 0.15) is 15.7 Å². The third kappa shape index (κ3) is 3.11. The lowest BCUT2D eigenvalue weighted by Crippen LogP contribution is -2.31. The van der Waals surface area contributed by atoms with E-state index in [1.54, 1.807) is 26.0 Å². The van der Waals surface area contributed by atoms with Gasteiger partial charge in [0.25, 0.3) is 5.56 Å². The molecule has 2 heterocycles. The number of hydrogen-bond acceptors (Lipinski definition) is 6. The number of esters is 1. The van der Waals surface area contributed by atoms with E-state index in [2.05, 4.69) is 10.3 Å². The lowest BCUT2D eigenvalue weighted by atomic mass is 10.2. The summed E-state index contributed by atoms with van der Waals surface area (Å²) in [4.78, 5) is 42.2. The zero-order chi connectivity index (χ0) is 18.8. The fraction of sp³-hybridized carbons (Fsp3) is 0.222. The summed E-state index contributed by atoms with van der Waals surface area (Å²) in [6.45, 7) is 3.29. The van der Waals surface area contributed by atoms with Crippen LogP contribution in [0.25, 0.3) is 10.2 Å². The van der Waals surface area contributed by atoms with Gasteiger partial charge in [0.05, 0.1) is 18.8 Å². The minimum atomic E-state index is -0.763. The number of carbonyl (C=O) groups is 2. The number of hydrogen-bond donors (Lipinski definition) is 1. The van der Waals surface area contributed by atoms with Crippen molar-refractivity contribution < 1.29 is 14.3 Å². The van der Waals surface area contributed by atoms with E-state index in [1.807, 2.05) is 18.2 Å². The third-order valence-electron chi connectivity index (χ3n) is 4.08.